The van der Waals surface area contributed by atoms with Crippen LogP contribution in [0, 0.1) is 13.8 Å². The number of fused-ring (bicyclic) bond motifs is 7. The second-order valence-electron chi connectivity index (χ2n) is 11.3. The molecule has 2 nitrogen and oxygen atoms in total. The van der Waals surface area contributed by atoms with Crippen LogP contribution in [0.1, 0.15) is 35.6 Å². The molecule has 2 aromatic heterocycles. The zero-order valence-corrected chi connectivity index (χ0v) is 25.4. The van der Waals surface area contributed by atoms with Crippen LogP contribution in [-0.2, 0) is 0 Å². The van der Waals surface area contributed by atoms with Crippen LogP contribution in [-0.4, -0.2) is 13.5 Å². The van der Waals surface area contributed by atoms with Gasteiger partial charge in [-0.2, -0.15) is 0 Å². The quantitative estimate of drug-likeness (QED) is 0.193. The fourth-order valence-electron chi connectivity index (χ4n) is 6.49. The predicted octanol–water partition coefficient (Wildman–Crippen LogP) is 11.0. The second kappa shape index (κ2) is 11.5. The number of rotatable bonds is 5. The van der Waals surface area contributed by atoms with E-state index in [-0.39, 0.29) is 0 Å². The predicted molar refractivity (Wildman–Crippen MR) is 191 cm³/mol. The number of benzene rings is 4. The number of para-hydroxylation sites is 1. The van der Waals surface area contributed by atoms with E-state index in [1.54, 1.807) is 0 Å². The van der Waals surface area contributed by atoms with E-state index in [0.717, 1.165) is 83.7 Å². The molecule has 0 fully saturated rings. The third-order valence-electron chi connectivity index (χ3n) is 8.47. The Kier molecular flexibility index (Phi) is 7.24. The first-order valence-corrected chi connectivity index (χ1v) is 15.2. The third-order valence-corrected chi connectivity index (χ3v) is 8.47. The molecule has 0 atom stereocenters. The number of hydrogen-bond donors (Lipinski definition) is 0. The molecule has 0 N–H and O–H groups in total. The maximum absolute atomic E-state index is 6.57. The van der Waals surface area contributed by atoms with Crippen molar-refractivity contribution in [1.29, 1.82) is 0 Å². The standard InChI is InChI=1S/C41H33BO2/c1-4-5-17-30-33(25-42)38(28-15-7-6-8-16-28)26(2)13-9-10-14-27(3)39(30)29-20-21-32-37(24-29)44-36-23-22-35-40(41(32)36)31-18-11-12-19-34(31)43-35/h5-25,42H,4H2,1-3H3/b10-9?,13-9?,14-10?,17-5-,26-13?,27-14?,33-30?,38-26?,38-33?,39-27?,39-30?. The van der Waals surface area contributed by atoms with E-state index in [4.69, 9.17) is 8.83 Å². The Labute approximate surface area is 258 Å². The van der Waals surface area contributed by atoms with Crippen LogP contribution in [0.15, 0.2) is 124 Å². The first-order chi connectivity index (χ1) is 21.6. The average Bonchev–Trinajstić information content (AvgIpc) is 3.61. The summed E-state index contributed by atoms with van der Waals surface area (Å²) >= 11 is 0. The minimum absolute atomic E-state index is 0.852. The summed E-state index contributed by atoms with van der Waals surface area (Å²) < 4.78 is 12.8. The van der Waals surface area contributed by atoms with Gasteiger partial charge < -0.3 is 0 Å². The van der Waals surface area contributed by atoms with Gasteiger partial charge in [0, 0.05) is 0 Å². The molecule has 0 saturated heterocycles. The van der Waals surface area contributed by atoms with Crippen molar-refractivity contribution in [3.05, 3.63) is 138 Å². The molecule has 0 bridgehead atoms. The van der Waals surface area contributed by atoms with Crippen molar-refractivity contribution in [2.45, 2.75) is 27.2 Å². The third kappa shape index (κ3) is 4.66. The number of furan rings is 2. The fraction of sp³-hybridized carbons (Fsp3) is 0.0976. The zero-order chi connectivity index (χ0) is 30.2. The summed E-state index contributed by atoms with van der Waals surface area (Å²) in [5, 5.41) is 4.37. The van der Waals surface area contributed by atoms with Crippen molar-refractivity contribution in [2.24, 2.45) is 0 Å². The number of allylic oxidation sites excluding steroid dienone is 1. The molecule has 2 heterocycles. The summed E-state index contributed by atoms with van der Waals surface area (Å²) in [6, 6.07) is 38.1. The molecule has 0 amide bonds. The van der Waals surface area contributed by atoms with Gasteiger partial charge in [0.05, 0.1) is 0 Å². The monoisotopic (exact) mass is 568 g/mol. The second-order valence-corrected chi connectivity index (χ2v) is 11.3. The van der Waals surface area contributed by atoms with Crippen LogP contribution in [0.4, 0.5) is 0 Å². The van der Waals surface area contributed by atoms with Crippen molar-refractivity contribution in [1.82, 2.24) is 0 Å². The molecule has 0 unspecified atom stereocenters. The Morgan fingerprint density at radius 2 is 1.16 bits per heavy atom. The Hall–Kier alpha value is -5.15. The van der Waals surface area contributed by atoms with E-state index in [9.17, 15) is 0 Å². The van der Waals surface area contributed by atoms with E-state index in [2.05, 4.69) is 125 Å². The molecule has 7 aromatic rings. The van der Waals surface area contributed by atoms with Crippen LogP contribution < -0.4 is 0 Å². The van der Waals surface area contributed by atoms with E-state index in [1.165, 1.54) is 11.1 Å². The van der Waals surface area contributed by atoms with Crippen molar-refractivity contribution in [3.63, 3.8) is 0 Å². The van der Waals surface area contributed by atoms with Gasteiger partial charge in [-0.1, -0.05) is 12.1 Å². The van der Waals surface area contributed by atoms with E-state index in [0.29, 0.717) is 0 Å². The molecular formula is C41H33BO2. The Morgan fingerprint density at radius 1 is 0.568 bits per heavy atom. The molecule has 0 aliphatic carbocycles. The molecule has 3 heteroatoms. The summed E-state index contributed by atoms with van der Waals surface area (Å²) in [4.78, 5) is 0. The molecule has 5 aromatic carbocycles. The summed E-state index contributed by atoms with van der Waals surface area (Å²) in [6.45, 7) is 6.53. The van der Waals surface area contributed by atoms with E-state index < -0.39 is 0 Å². The van der Waals surface area contributed by atoms with Crippen LogP contribution in [0.25, 0.3) is 72.2 Å². The fourth-order valence-corrected chi connectivity index (χ4v) is 6.49. The van der Waals surface area contributed by atoms with Crippen LogP contribution in [0.5, 0.6) is 0 Å². The molecule has 44 heavy (non-hydrogen) atoms. The van der Waals surface area contributed by atoms with Crippen LogP contribution in [0.3, 0.4) is 0 Å². The maximum atomic E-state index is 6.57. The van der Waals surface area contributed by atoms with Crippen LogP contribution in [0.2, 0.25) is 0 Å². The van der Waals surface area contributed by atoms with E-state index in [1.807, 2.05) is 30.2 Å². The van der Waals surface area contributed by atoms with Crippen molar-refractivity contribution in [3.8, 4) is 22.3 Å². The van der Waals surface area contributed by atoms with Gasteiger partial charge in [-0.05, 0) is 6.07 Å². The number of hydrogen-bond acceptors (Lipinski definition) is 2. The summed E-state index contributed by atoms with van der Waals surface area (Å²) in [7, 11) is 4.34. The van der Waals surface area contributed by atoms with Gasteiger partial charge in [0.1, 0.15) is 0 Å². The van der Waals surface area contributed by atoms with Gasteiger partial charge in [-0.15, -0.1) is 0 Å². The van der Waals surface area contributed by atoms with Gasteiger partial charge in [0.15, 0.2) is 0 Å². The van der Waals surface area contributed by atoms with Crippen LogP contribution >= 0.6 is 0 Å². The Balaban J connectivity index is 1.58. The van der Waals surface area contributed by atoms with Gasteiger partial charge in [-0.25, -0.2) is 0 Å². The summed E-state index contributed by atoms with van der Waals surface area (Å²) in [5.41, 5.74) is 12.6. The molecule has 0 aliphatic rings. The normalized spacial score (nSPS) is 11.6. The molecular weight excluding hydrogens is 535 g/mol. The van der Waals surface area contributed by atoms with Gasteiger partial charge in [0.2, 0.25) is 0 Å². The summed E-state index contributed by atoms with van der Waals surface area (Å²) in [6.07, 6.45) is 5.42. The van der Waals surface area contributed by atoms with Crippen molar-refractivity contribution >= 4 is 63.4 Å². The van der Waals surface area contributed by atoms with Crippen molar-refractivity contribution in [2.75, 3.05) is 0 Å². The topological polar surface area (TPSA) is 26.3 Å². The van der Waals surface area contributed by atoms with Crippen molar-refractivity contribution < 1.29 is 8.83 Å². The first-order valence-electron chi connectivity index (χ1n) is 15.2. The molecule has 7 rings (SSSR count). The van der Waals surface area contributed by atoms with Gasteiger partial charge in [0.25, 0.3) is 0 Å². The molecule has 212 valence electrons. The van der Waals surface area contributed by atoms with Gasteiger partial charge >= 0.3 is 241 Å². The molecule has 0 aliphatic heterocycles. The minimum atomic E-state index is 0.852. The first kappa shape index (κ1) is 27.7. The molecule has 0 saturated carbocycles. The summed E-state index contributed by atoms with van der Waals surface area (Å²) in [5.74, 6) is 2.01. The SMILES string of the molecule is B=Cc1c(/C=C\CC)c(-c2ccc3c(c2)oc2ccc4oc5ccccc5c4c23)c(C)ccccc(C)c1-c1ccccc1. The Bertz CT molecular complexity index is 2300. The average molecular weight is 569 g/mol. The molecule has 0 radical (unpaired) electrons. The zero-order valence-electron chi connectivity index (χ0n) is 25.4. The molecule has 0 spiro atoms. The van der Waals surface area contributed by atoms with Gasteiger partial charge in [-0.3, -0.25) is 0 Å². The van der Waals surface area contributed by atoms with E-state index >= 15 is 0 Å². The number of aryl methyl sites for hydroxylation is 2. The Morgan fingerprint density at radius 3 is 1.84 bits per heavy atom.